The van der Waals surface area contributed by atoms with Gasteiger partial charge in [-0.05, 0) is 48.4 Å². The number of hydrogen-bond acceptors (Lipinski definition) is 3. The van der Waals surface area contributed by atoms with Crippen molar-refractivity contribution in [3.8, 4) is 5.75 Å². The van der Waals surface area contributed by atoms with Crippen LogP contribution in [0, 0.1) is 0 Å². The molecular formula is C17H21BrN2O. The van der Waals surface area contributed by atoms with E-state index >= 15 is 0 Å². The molecule has 0 aliphatic heterocycles. The lowest BCUT2D eigenvalue weighted by molar-refractivity contribution is 0.414. The van der Waals surface area contributed by atoms with Crippen molar-refractivity contribution in [1.29, 1.82) is 0 Å². The Balaban J connectivity index is 2.08. The SMILES string of the molecule is COc1ccc(CN(C)c2ccc(CCN)c(Br)c2)cc1. The average Bonchev–Trinajstić information content (AvgIpc) is 2.50. The highest BCUT2D eigenvalue weighted by atomic mass is 79.9. The van der Waals surface area contributed by atoms with Crippen LogP contribution in [0.3, 0.4) is 0 Å². The molecule has 3 nitrogen and oxygen atoms in total. The highest BCUT2D eigenvalue weighted by molar-refractivity contribution is 9.10. The molecule has 0 aliphatic rings. The fourth-order valence-corrected chi connectivity index (χ4v) is 2.79. The Hall–Kier alpha value is -1.52. The van der Waals surface area contributed by atoms with Gasteiger partial charge < -0.3 is 15.4 Å². The van der Waals surface area contributed by atoms with Gasteiger partial charge in [0.05, 0.1) is 7.11 Å². The first-order valence-corrected chi connectivity index (χ1v) is 7.76. The van der Waals surface area contributed by atoms with Gasteiger partial charge in [-0.25, -0.2) is 0 Å². The third-order valence-corrected chi connectivity index (χ3v) is 4.21. The topological polar surface area (TPSA) is 38.5 Å². The van der Waals surface area contributed by atoms with Crippen LogP contribution in [0.15, 0.2) is 46.9 Å². The van der Waals surface area contributed by atoms with Crippen LogP contribution < -0.4 is 15.4 Å². The van der Waals surface area contributed by atoms with Crippen LogP contribution in [0.1, 0.15) is 11.1 Å². The van der Waals surface area contributed by atoms with E-state index in [4.69, 9.17) is 10.5 Å². The Labute approximate surface area is 134 Å². The van der Waals surface area contributed by atoms with Gasteiger partial charge in [0.15, 0.2) is 0 Å². The largest absolute Gasteiger partial charge is 0.497 e. The number of nitrogens with two attached hydrogens (primary N) is 1. The molecule has 0 fully saturated rings. The number of nitrogens with zero attached hydrogens (tertiary/aromatic N) is 1. The third kappa shape index (κ3) is 4.22. The van der Waals surface area contributed by atoms with Crippen molar-refractivity contribution >= 4 is 21.6 Å². The van der Waals surface area contributed by atoms with Crippen molar-refractivity contribution in [2.45, 2.75) is 13.0 Å². The van der Waals surface area contributed by atoms with Crippen LogP contribution in [0.4, 0.5) is 5.69 Å². The smallest absolute Gasteiger partial charge is 0.118 e. The summed E-state index contributed by atoms with van der Waals surface area (Å²) in [5.41, 5.74) is 9.29. The number of halogens is 1. The van der Waals surface area contributed by atoms with E-state index < -0.39 is 0 Å². The Morgan fingerprint density at radius 1 is 1.14 bits per heavy atom. The average molecular weight is 349 g/mol. The lowest BCUT2D eigenvalue weighted by Gasteiger charge is -2.20. The third-order valence-electron chi connectivity index (χ3n) is 3.47. The van der Waals surface area contributed by atoms with Crippen LogP contribution >= 0.6 is 15.9 Å². The molecule has 0 saturated carbocycles. The minimum absolute atomic E-state index is 0.666. The Morgan fingerprint density at radius 2 is 1.86 bits per heavy atom. The van der Waals surface area contributed by atoms with Crippen molar-refractivity contribution in [2.24, 2.45) is 5.73 Å². The Bertz CT molecular complexity index is 584. The minimum atomic E-state index is 0.666. The maximum absolute atomic E-state index is 5.61. The van der Waals surface area contributed by atoms with E-state index in [0.717, 1.165) is 23.2 Å². The zero-order valence-corrected chi connectivity index (χ0v) is 14.1. The van der Waals surface area contributed by atoms with Crippen LogP contribution in [0.2, 0.25) is 0 Å². The molecular weight excluding hydrogens is 328 g/mol. The van der Waals surface area contributed by atoms with Crippen molar-refractivity contribution in [3.05, 3.63) is 58.1 Å². The van der Waals surface area contributed by atoms with Crippen molar-refractivity contribution < 1.29 is 4.74 Å². The summed E-state index contributed by atoms with van der Waals surface area (Å²) in [4.78, 5) is 2.22. The first-order chi connectivity index (χ1) is 10.1. The molecule has 0 aliphatic carbocycles. The standard InChI is InChI=1S/C17H21BrN2O/c1-20(12-13-3-7-16(21-2)8-4-13)15-6-5-14(9-10-19)17(18)11-15/h3-8,11H,9-10,12,19H2,1-2H3. The molecule has 2 aromatic rings. The Morgan fingerprint density at radius 3 is 2.43 bits per heavy atom. The van der Waals surface area contributed by atoms with Crippen molar-refractivity contribution in [2.75, 3.05) is 25.6 Å². The lowest BCUT2D eigenvalue weighted by Crippen LogP contribution is -2.16. The molecule has 2 N–H and O–H groups in total. The van der Waals surface area contributed by atoms with Gasteiger partial charge in [0.25, 0.3) is 0 Å². The minimum Gasteiger partial charge on any atom is -0.497 e. The van der Waals surface area contributed by atoms with Gasteiger partial charge in [-0.1, -0.05) is 34.1 Å². The second-order valence-corrected chi connectivity index (χ2v) is 5.87. The summed E-state index contributed by atoms with van der Waals surface area (Å²) >= 11 is 3.62. The molecule has 0 heterocycles. The predicted octanol–water partition coefficient (Wildman–Crippen LogP) is 3.60. The second kappa shape index (κ2) is 7.48. The first kappa shape index (κ1) is 15.9. The van der Waals surface area contributed by atoms with E-state index in [0.29, 0.717) is 6.54 Å². The molecule has 0 radical (unpaired) electrons. The molecule has 0 saturated heterocycles. The van der Waals surface area contributed by atoms with Gasteiger partial charge in [0.1, 0.15) is 5.75 Å². The molecule has 0 unspecified atom stereocenters. The molecule has 2 rings (SSSR count). The van der Waals surface area contributed by atoms with E-state index in [1.54, 1.807) is 7.11 Å². The van der Waals surface area contributed by atoms with E-state index in [2.05, 4.69) is 58.2 Å². The highest BCUT2D eigenvalue weighted by Crippen LogP contribution is 2.25. The number of rotatable bonds is 6. The van der Waals surface area contributed by atoms with Crippen LogP contribution in [-0.4, -0.2) is 20.7 Å². The zero-order valence-electron chi connectivity index (χ0n) is 12.5. The summed E-state index contributed by atoms with van der Waals surface area (Å²) in [5.74, 6) is 0.885. The van der Waals surface area contributed by atoms with Crippen LogP contribution in [-0.2, 0) is 13.0 Å². The number of ether oxygens (including phenoxy) is 1. The summed E-state index contributed by atoms with van der Waals surface area (Å²) in [6, 6.07) is 14.6. The summed E-state index contributed by atoms with van der Waals surface area (Å²) < 4.78 is 6.30. The summed E-state index contributed by atoms with van der Waals surface area (Å²) in [6.45, 7) is 1.52. The molecule has 2 aromatic carbocycles. The normalized spacial score (nSPS) is 10.5. The number of benzene rings is 2. The molecule has 112 valence electrons. The molecule has 4 heteroatoms. The fourth-order valence-electron chi connectivity index (χ4n) is 2.23. The Kier molecular flexibility index (Phi) is 5.65. The van der Waals surface area contributed by atoms with Crippen molar-refractivity contribution in [3.63, 3.8) is 0 Å². The molecule has 0 amide bonds. The monoisotopic (exact) mass is 348 g/mol. The molecule has 0 atom stereocenters. The summed E-state index contributed by atoms with van der Waals surface area (Å²) in [5, 5.41) is 0. The maximum Gasteiger partial charge on any atom is 0.118 e. The molecule has 0 spiro atoms. The summed E-state index contributed by atoms with van der Waals surface area (Å²) in [6.07, 6.45) is 0.892. The van der Waals surface area contributed by atoms with Gasteiger partial charge in [0.2, 0.25) is 0 Å². The van der Waals surface area contributed by atoms with Crippen LogP contribution in [0.25, 0.3) is 0 Å². The molecule has 0 bridgehead atoms. The van der Waals surface area contributed by atoms with Gasteiger partial charge in [0, 0.05) is 23.8 Å². The highest BCUT2D eigenvalue weighted by Gasteiger charge is 2.06. The zero-order chi connectivity index (χ0) is 15.2. The van der Waals surface area contributed by atoms with Gasteiger partial charge in [-0.2, -0.15) is 0 Å². The molecule has 0 aromatic heterocycles. The first-order valence-electron chi connectivity index (χ1n) is 6.96. The van der Waals surface area contributed by atoms with E-state index in [1.165, 1.54) is 16.8 Å². The number of anilines is 1. The van der Waals surface area contributed by atoms with Gasteiger partial charge >= 0.3 is 0 Å². The maximum atomic E-state index is 5.61. The van der Waals surface area contributed by atoms with Gasteiger partial charge in [-0.3, -0.25) is 0 Å². The quantitative estimate of drug-likeness (QED) is 0.866. The lowest BCUT2D eigenvalue weighted by atomic mass is 10.1. The van der Waals surface area contributed by atoms with E-state index in [1.807, 2.05) is 12.1 Å². The fraction of sp³-hybridized carbons (Fsp3) is 0.294. The van der Waals surface area contributed by atoms with Gasteiger partial charge in [-0.15, -0.1) is 0 Å². The second-order valence-electron chi connectivity index (χ2n) is 5.02. The van der Waals surface area contributed by atoms with Crippen molar-refractivity contribution in [1.82, 2.24) is 0 Å². The summed E-state index contributed by atoms with van der Waals surface area (Å²) in [7, 11) is 3.77. The van der Waals surface area contributed by atoms with E-state index in [9.17, 15) is 0 Å². The number of hydrogen-bond donors (Lipinski definition) is 1. The molecule has 21 heavy (non-hydrogen) atoms. The number of methoxy groups -OCH3 is 1. The predicted molar refractivity (Wildman–Crippen MR) is 92.0 cm³/mol. The van der Waals surface area contributed by atoms with Crippen LogP contribution in [0.5, 0.6) is 5.75 Å². The van der Waals surface area contributed by atoms with E-state index in [-0.39, 0.29) is 0 Å².